The van der Waals surface area contributed by atoms with Crippen molar-refractivity contribution in [2.75, 3.05) is 0 Å². The van der Waals surface area contributed by atoms with Crippen molar-refractivity contribution in [3.63, 3.8) is 0 Å². The van der Waals surface area contributed by atoms with Crippen LogP contribution < -0.4 is 0 Å². The molecule has 0 fully saturated rings. The van der Waals surface area contributed by atoms with Gasteiger partial charge in [-0.15, -0.1) is 5.10 Å². The van der Waals surface area contributed by atoms with Gasteiger partial charge in [-0.25, -0.2) is 4.68 Å². The normalized spacial score (nSPS) is 12.1. The second-order valence-corrected chi connectivity index (χ2v) is 7.06. The average Bonchev–Trinajstić information content (AvgIpc) is 2.71. The van der Waals surface area contributed by atoms with Crippen LogP contribution in [-0.2, 0) is 0 Å². The van der Waals surface area contributed by atoms with Crippen LogP contribution in [0.3, 0.4) is 0 Å². The minimum Gasteiger partial charge on any atom is -0.211 e. The Kier molecular flexibility index (Phi) is 4.40. The van der Waals surface area contributed by atoms with E-state index in [2.05, 4.69) is 11.2 Å². The van der Waals surface area contributed by atoms with Crippen molar-refractivity contribution in [3.05, 3.63) is 33.2 Å². The zero-order valence-electron chi connectivity index (χ0n) is 9.33. The van der Waals surface area contributed by atoms with Crippen LogP contribution >= 0.6 is 46.9 Å². The lowest BCUT2D eigenvalue weighted by Gasteiger charge is -2.00. The minimum atomic E-state index is -0.135. The molecule has 1 aromatic carbocycles. The number of rotatable bonds is 3. The van der Waals surface area contributed by atoms with E-state index in [0.29, 0.717) is 8.98 Å². The Morgan fingerprint density at radius 3 is 2.78 bits per heavy atom. The number of nitriles is 1. The highest BCUT2D eigenvalue weighted by molar-refractivity contribution is 8.01. The van der Waals surface area contributed by atoms with Crippen LogP contribution in [0.1, 0.15) is 6.92 Å². The zero-order chi connectivity index (χ0) is 13.1. The molecule has 0 saturated heterocycles. The summed E-state index contributed by atoms with van der Waals surface area (Å²) < 4.78 is 3.14. The molecule has 0 amide bonds. The Labute approximate surface area is 123 Å². The summed E-state index contributed by atoms with van der Waals surface area (Å²) >= 11 is 13.9. The molecule has 1 heterocycles. The quantitative estimate of drug-likeness (QED) is 0.625. The van der Waals surface area contributed by atoms with E-state index in [0.717, 1.165) is 10.0 Å². The van der Waals surface area contributed by atoms with Crippen LogP contribution in [0.15, 0.2) is 28.6 Å². The van der Waals surface area contributed by atoms with Gasteiger partial charge in [-0.3, -0.25) is 0 Å². The Morgan fingerprint density at radius 1 is 1.50 bits per heavy atom. The maximum atomic E-state index is 8.78. The molecule has 2 aromatic rings. The van der Waals surface area contributed by atoms with Gasteiger partial charge in [0, 0.05) is 5.02 Å². The Morgan fingerprint density at radius 2 is 2.17 bits per heavy atom. The van der Waals surface area contributed by atoms with Gasteiger partial charge in [0.1, 0.15) is 0 Å². The summed E-state index contributed by atoms with van der Waals surface area (Å²) in [4.78, 5) is 0. The molecule has 18 heavy (non-hydrogen) atoms. The second-order valence-electron chi connectivity index (χ2n) is 3.41. The number of thioether (sulfide) groups is 1. The van der Waals surface area contributed by atoms with E-state index in [4.69, 9.17) is 29.1 Å². The summed E-state index contributed by atoms with van der Waals surface area (Å²) in [7, 11) is 0. The van der Waals surface area contributed by atoms with Crippen LogP contribution in [0.5, 0.6) is 0 Å². The molecule has 1 atom stereocenters. The van der Waals surface area contributed by atoms with E-state index < -0.39 is 0 Å². The summed E-state index contributed by atoms with van der Waals surface area (Å²) in [6.45, 7) is 1.84. The van der Waals surface area contributed by atoms with Gasteiger partial charge in [0.25, 0.3) is 0 Å². The molecule has 0 saturated carbocycles. The molecule has 0 aliphatic heterocycles. The third-order valence-electron chi connectivity index (χ3n) is 2.06. The first-order chi connectivity index (χ1) is 8.60. The lowest BCUT2D eigenvalue weighted by atomic mass is 10.3. The van der Waals surface area contributed by atoms with E-state index in [1.165, 1.54) is 23.1 Å². The summed E-state index contributed by atoms with van der Waals surface area (Å²) in [5.41, 5.74) is 0.872. The molecule has 0 aliphatic rings. The van der Waals surface area contributed by atoms with Crippen molar-refractivity contribution < 1.29 is 0 Å². The van der Waals surface area contributed by atoms with Gasteiger partial charge < -0.3 is 0 Å². The van der Waals surface area contributed by atoms with Gasteiger partial charge in [0.15, 0.2) is 8.29 Å². The monoisotopic (exact) mass is 313 g/mol. The molecular formula is C11H8ClN3S3. The van der Waals surface area contributed by atoms with Crippen molar-refractivity contribution in [2.24, 2.45) is 0 Å². The lowest BCUT2D eigenvalue weighted by molar-refractivity contribution is 0.829. The molecule has 0 unspecified atom stereocenters. The van der Waals surface area contributed by atoms with Crippen LogP contribution in [0.25, 0.3) is 5.69 Å². The number of hydrogen-bond donors (Lipinski definition) is 0. The van der Waals surface area contributed by atoms with Gasteiger partial charge in [0.05, 0.1) is 17.0 Å². The number of nitrogens with zero attached hydrogens (tertiary/aromatic N) is 3. The van der Waals surface area contributed by atoms with Crippen LogP contribution in [0.4, 0.5) is 0 Å². The summed E-state index contributed by atoms with van der Waals surface area (Å²) in [5.74, 6) is 0. The predicted molar refractivity (Wildman–Crippen MR) is 78.2 cm³/mol. The maximum Gasteiger partial charge on any atom is 0.184 e. The summed E-state index contributed by atoms with van der Waals surface area (Å²) in [6.07, 6.45) is 0. The summed E-state index contributed by atoms with van der Waals surface area (Å²) in [5, 5.41) is 13.7. The van der Waals surface area contributed by atoms with E-state index >= 15 is 0 Å². The molecule has 3 nitrogen and oxygen atoms in total. The molecule has 0 radical (unpaired) electrons. The largest absolute Gasteiger partial charge is 0.211 e. The highest BCUT2D eigenvalue weighted by atomic mass is 35.5. The van der Waals surface area contributed by atoms with Gasteiger partial charge >= 0.3 is 0 Å². The fourth-order valence-corrected chi connectivity index (χ4v) is 3.75. The molecule has 0 N–H and O–H groups in total. The van der Waals surface area contributed by atoms with Crippen molar-refractivity contribution >= 4 is 46.9 Å². The van der Waals surface area contributed by atoms with Gasteiger partial charge in [-0.05, 0) is 43.4 Å². The fraction of sp³-hybridized carbons (Fsp3) is 0.182. The van der Waals surface area contributed by atoms with Gasteiger partial charge in [0.2, 0.25) is 0 Å². The first-order valence-electron chi connectivity index (χ1n) is 5.02. The number of benzene rings is 1. The fourth-order valence-electron chi connectivity index (χ4n) is 1.23. The Bertz CT molecular complexity index is 639. The summed E-state index contributed by atoms with van der Waals surface area (Å²) in [6, 6.07) is 9.47. The smallest absolute Gasteiger partial charge is 0.184 e. The van der Waals surface area contributed by atoms with Gasteiger partial charge in [-0.1, -0.05) is 34.7 Å². The molecule has 7 heteroatoms. The van der Waals surface area contributed by atoms with E-state index in [9.17, 15) is 0 Å². The highest BCUT2D eigenvalue weighted by Crippen LogP contribution is 2.27. The molecule has 0 spiro atoms. The van der Waals surface area contributed by atoms with Crippen LogP contribution in [0, 0.1) is 15.3 Å². The second kappa shape index (κ2) is 5.85. The third kappa shape index (κ3) is 3.12. The standard InChI is InChI=1S/C11H8ClN3S3/c1-7(6-13)17-10-14-15(11(16)18-10)9-4-2-8(12)3-5-9/h2-5,7H,1H3/t7-/m1/s1. The zero-order valence-corrected chi connectivity index (χ0v) is 12.5. The first-order valence-corrected chi connectivity index (χ1v) is 7.51. The number of halogens is 1. The molecule has 0 bridgehead atoms. The molecule has 0 aliphatic carbocycles. The van der Waals surface area contributed by atoms with Crippen molar-refractivity contribution in [2.45, 2.75) is 16.5 Å². The predicted octanol–water partition coefficient (Wildman–Crippen LogP) is 4.32. The van der Waals surface area contributed by atoms with Crippen LogP contribution in [0.2, 0.25) is 5.02 Å². The molecule has 92 valence electrons. The van der Waals surface area contributed by atoms with E-state index in [-0.39, 0.29) is 5.25 Å². The number of hydrogen-bond acceptors (Lipinski definition) is 5. The first kappa shape index (κ1) is 13.6. The van der Waals surface area contributed by atoms with Crippen molar-refractivity contribution in [1.29, 1.82) is 5.26 Å². The third-order valence-corrected chi connectivity index (χ3v) is 4.62. The maximum absolute atomic E-state index is 8.78. The number of aromatic nitrogens is 2. The molecular weight excluding hydrogens is 306 g/mol. The molecule has 2 rings (SSSR count). The topological polar surface area (TPSA) is 41.6 Å². The van der Waals surface area contributed by atoms with E-state index in [1.807, 2.05) is 19.1 Å². The average molecular weight is 314 g/mol. The Balaban J connectivity index is 2.33. The van der Waals surface area contributed by atoms with Crippen molar-refractivity contribution in [3.8, 4) is 11.8 Å². The lowest BCUT2D eigenvalue weighted by Crippen LogP contribution is -1.96. The highest BCUT2D eigenvalue weighted by Gasteiger charge is 2.09. The van der Waals surface area contributed by atoms with Crippen molar-refractivity contribution in [1.82, 2.24) is 9.78 Å². The SMILES string of the molecule is C[C@H](C#N)Sc1nn(-c2ccc(Cl)cc2)c(=S)s1. The molecule has 1 aromatic heterocycles. The van der Waals surface area contributed by atoms with Gasteiger partial charge in [-0.2, -0.15) is 5.26 Å². The van der Waals surface area contributed by atoms with E-state index in [1.54, 1.807) is 16.8 Å². The van der Waals surface area contributed by atoms with Crippen LogP contribution in [-0.4, -0.2) is 15.0 Å². The Hall–Kier alpha value is -0.870. The minimum absolute atomic E-state index is 0.135.